The van der Waals surface area contributed by atoms with Crippen molar-refractivity contribution >= 4 is 27.7 Å². The second kappa shape index (κ2) is 4.65. The van der Waals surface area contributed by atoms with Gasteiger partial charge in [-0.05, 0) is 41.6 Å². The summed E-state index contributed by atoms with van der Waals surface area (Å²) in [4.78, 5) is 9.14. The van der Waals surface area contributed by atoms with Crippen LogP contribution in [0.25, 0.3) is 0 Å². The van der Waals surface area contributed by atoms with Gasteiger partial charge in [-0.1, -0.05) is 12.8 Å². The van der Waals surface area contributed by atoms with Gasteiger partial charge in [0.1, 0.15) is 15.5 Å². The van der Waals surface area contributed by atoms with Crippen molar-refractivity contribution < 1.29 is 0 Å². The Morgan fingerprint density at radius 3 is 2.56 bits per heavy atom. The van der Waals surface area contributed by atoms with Crippen LogP contribution in [0.4, 0.5) is 0 Å². The Morgan fingerprint density at radius 2 is 1.88 bits per heavy atom. The Bertz CT molecular complexity index is 387. The van der Waals surface area contributed by atoms with Crippen LogP contribution in [-0.4, -0.2) is 15.2 Å². The minimum Gasteiger partial charge on any atom is -0.226 e. The zero-order valence-electron chi connectivity index (χ0n) is 9.16. The van der Waals surface area contributed by atoms with Crippen molar-refractivity contribution in [2.75, 3.05) is 0 Å². The van der Waals surface area contributed by atoms with Gasteiger partial charge in [-0.3, -0.25) is 0 Å². The Kier molecular flexibility index (Phi) is 3.20. The van der Waals surface area contributed by atoms with Gasteiger partial charge >= 0.3 is 0 Å². The maximum atomic E-state index is 4.68. The molecule has 0 aliphatic heterocycles. The Hall–Kier alpha value is -0.0900. The van der Waals surface area contributed by atoms with Gasteiger partial charge in [-0.15, -0.1) is 11.8 Å². The fourth-order valence-corrected chi connectivity index (χ4v) is 3.96. The lowest BCUT2D eigenvalue weighted by atomic mass is 10.4. The predicted octanol–water partition coefficient (Wildman–Crippen LogP) is 4.15. The molecule has 0 atom stereocenters. The van der Waals surface area contributed by atoms with E-state index in [4.69, 9.17) is 0 Å². The molecule has 0 amide bonds. The molecule has 3 rings (SSSR count). The molecule has 0 unspecified atom stereocenters. The highest BCUT2D eigenvalue weighted by molar-refractivity contribution is 9.10. The van der Waals surface area contributed by atoms with Crippen molar-refractivity contribution in [3.63, 3.8) is 0 Å². The third-order valence-corrected chi connectivity index (χ3v) is 4.88. The van der Waals surface area contributed by atoms with Gasteiger partial charge in [-0.25, -0.2) is 9.97 Å². The van der Waals surface area contributed by atoms with E-state index in [1.165, 1.54) is 38.5 Å². The number of aromatic nitrogens is 2. The number of nitrogens with zero attached hydrogens (tertiary/aromatic N) is 2. The molecule has 0 bridgehead atoms. The van der Waals surface area contributed by atoms with E-state index in [1.807, 2.05) is 11.8 Å². The quantitative estimate of drug-likeness (QED) is 0.784. The molecular weight excluding hydrogens is 284 g/mol. The molecule has 86 valence electrons. The van der Waals surface area contributed by atoms with Crippen LogP contribution in [0.2, 0.25) is 0 Å². The van der Waals surface area contributed by atoms with Crippen LogP contribution in [0.1, 0.15) is 50.3 Å². The van der Waals surface area contributed by atoms with Gasteiger partial charge in [0.05, 0.1) is 0 Å². The van der Waals surface area contributed by atoms with Gasteiger partial charge in [0.25, 0.3) is 0 Å². The average molecular weight is 299 g/mol. The minimum atomic E-state index is 0.639. The van der Waals surface area contributed by atoms with E-state index in [2.05, 4.69) is 32.0 Å². The van der Waals surface area contributed by atoms with Crippen molar-refractivity contribution in [3.8, 4) is 0 Å². The molecule has 16 heavy (non-hydrogen) atoms. The summed E-state index contributed by atoms with van der Waals surface area (Å²) < 4.78 is 0.949. The molecule has 0 saturated heterocycles. The Labute approximate surface area is 109 Å². The summed E-state index contributed by atoms with van der Waals surface area (Å²) in [6.45, 7) is 0. The van der Waals surface area contributed by atoms with E-state index in [1.54, 1.807) is 0 Å². The molecule has 4 heteroatoms. The van der Waals surface area contributed by atoms with Crippen LogP contribution in [0, 0.1) is 0 Å². The minimum absolute atomic E-state index is 0.639. The first-order chi connectivity index (χ1) is 7.81. The van der Waals surface area contributed by atoms with E-state index >= 15 is 0 Å². The molecular formula is C12H15BrN2S. The first-order valence-corrected chi connectivity index (χ1v) is 7.69. The van der Waals surface area contributed by atoms with Crippen LogP contribution in [-0.2, 0) is 0 Å². The van der Waals surface area contributed by atoms with Crippen molar-refractivity contribution in [2.45, 2.75) is 54.7 Å². The average Bonchev–Trinajstić information content (AvgIpc) is 2.98. The molecule has 2 aliphatic carbocycles. The SMILES string of the molecule is Brc1cc(SC2CCCC2)nc(C2CC2)n1. The van der Waals surface area contributed by atoms with Crippen LogP contribution in [0.15, 0.2) is 15.7 Å². The lowest BCUT2D eigenvalue weighted by Gasteiger charge is -2.09. The molecule has 0 radical (unpaired) electrons. The number of halogens is 1. The summed E-state index contributed by atoms with van der Waals surface area (Å²) >= 11 is 5.44. The number of hydrogen-bond donors (Lipinski definition) is 0. The molecule has 2 nitrogen and oxygen atoms in total. The molecule has 0 N–H and O–H groups in total. The number of thioether (sulfide) groups is 1. The molecule has 2 saturated carbocycles. The first kappa shape index (κ1) is 11.0. The van der Waals surface area contributed by atoms with Gasteiger partial charge in [-0.2, -0.15) is 0 Å². The molecule has 1 aromatic rings. The van der Waals surface area contributed by atoms with E-state index in [0.29, 0.717) is 5.92 Å². The molecule has 0 aromatic carbocycles. The third-order valence-electron chi connectivity index (χ3n) is 3.22. The fourth-order valence-electron chi connectivity index (χ4n) is 2.18. The van der Waals surface area contributed by atoms with Crippen molar-refractivity contribution in [1.82, 2.24) is 9.97 Å². The van der Waals surface area contributed by atoms with Crippen molar-refractivity contribution in [2.24, 2.45) is 0 Å². The highest BCUT2D eigenvalue weighted by Gasteiger charge is 2.27. The summed E-state index contributed by atoms with van der Waals surface area (Å²) in [5.41, 5.74) is 0. The van der Waals surface area contributed by atoms with Gasteiger partial charge in [0, 0.05) is 17.2 Å². The van der Waals surface area contributed by atoms with Crippen LogP contribution in [0.5, 0.6) is 0 Å². The number of rotatable bonds is 3. The van der Waals surface area contributed by atoms with E-state index in [-0.39, 0.29) is 0 Å². The van der Waals surface area contributed by atoms with Crippen LogP contribution < -0.4 is 0 Å². The van der Waals surface area contributed by atoms with Crippen molar-refractivity contribution in [3.05, 3.63) is 16.5 Å². The maximum Gasteiger partial charge on any atom is 0.134 e. The van der Waals surface area contributed by atoms with Gasteiger partial charge in [0.2, 0.25) is 0 Å². The zero-order chi connectivity index (χ0) is 11.0. The Balaban J connectivity index is 1.76. The summed E-state index contributed by atoms with van der Waals surface area (Å²) in [7, 11) is 0. The molecule has 2 fully saturated rings. The summed E-state index contributed by atoms with van der Waals surface area (Å²) in [5, 5.41) is 1.95. The summed E-state index contributed by atoms with van der Waals surface area (Å²) in [6, 6.07) is 2.06. The molecule has 1 heterocycles. The monoisotopic (exact) mass is 298 g/mol. The highest BCUT2D eigenvalue weighted by Crippen LogP contribution is 2.40. The fraction of sp³-hybridized carbons (Fsp3) is 0.667. The largest absolute Gasteiger partial charge is 0.226 e. The lowest BCUT2D eigenvalue weighted by Crippen LogP contribution is -1.99. The van der Waals surface area contributed by atoms with Gasteiger partial charge < -0.3 is 0 Å². The maximum absolute atomic E-state index is 4.68. The standard InChI is InChI=1S/C12H15BrN2S/c13-10-7-11(16-9-3-1-2-4-9)15-12(14-10)8-5-6-8/h7-9H,1-6H2. The van der Waals surface area contributed by atoms with Crippen LogP contribution >= 0.6 is 27.7 Å². The number of hydrogen-bond acceptors (Lipinski definition) is 3. The van der Waals surface area contributed by atoms with E-state index in [0.717, 1.165) is 20.7 Å². The zero-order valence-corrected chi connectivity index (χ0v) is 11.6. The summed E-state index contributed by atoms with van der Waals surface area (Å²) in [5.74, 6) is 1.69. The topological polar surface area (TPSA) is 25.8 Å². The lowest BCUT2D eigenvalue weighted by molar-refractivity contribution is 0.854. The highest BCUT2D eigenvalue weighted by atomic mass is 79.9. The first-order valence-electron chi connectivity index (χ1n) is 6.02. The molecule has 2 aliphatic rings. The second-order valence-electron chi connectivity index (χ2n) is 4.69. The van der Waals surface area contributed by atoms with Crippen LogP contribution in [0.3, 0.4) is 0 Å². The Morgan fingerprint density at radius 1 is 1.12 bits per heavy atom. The van der Waals surface area contributed by atoms with E-state index in [9.17, 15) is 0 Å². The summed E-state index contributed by atoms with van der Waals surface area (Å²) in [6.07, 6.45) is 8.02. The molecule has 0 spiro atoms. The smallest absolute Gasteiger partial charge is 0.134 e. The van der Waals surface area contributed by atoms with Gasteiger partial charge in [0.15, 0.2) is 0 Å². The second-order valence-corrected chi connectivity index (χ2v) is 6.82. The third kappa shape index (κ3) is 2.59. The van der Waals surface area contributed by atoms with Crippen molar-refractivity contribution in [1.29, 1.82) is 0 Å². The predicted molar refractivity (Wildman–Crippen MR) is 69.8 cm³/mol. The van der Waals surface area contributed by atoms with E-state index < -0.39 is 0 Å². The normalized spacial score (nSPS) is 21.6. The molecule has 1 aromatic heterocycles.